The van der Waals surface area contributed by atoms with Crippen LogP contribution in [0.15, 0.2) is 60.9 Å². The van der Waals surface area contributed by atoms with Crippen LogP contribution in [-0.2, 0) is 71.8 Å². The van der Waals surface area contributed by atoms with Gasteiger partial charge in [0.05, 0.1) is 133 Å². The Bertz CT molecular complexity index is 4750. The molecule has 0 radical (unpaired) electrons. The molecule has 1 unspecified atom stereocenters. The molecule has 4 aromatic rings. The molecule has 47 heteroatoms. The average Bonchev–Trinajstić information content (AvgIpc) is 1.57. The zero-order valence-corrected chi connectivity index (χ0v) is 72.9. The molecule has 2 aromatic carbocycles. The zero-order chi connectivity index (χ0) is 95.9. The first-order chi connectivity index (χ1) is 63.1. The van der Waals surface area contributed by atoms with Crippen LogP contribution in [-0.4, -0.2) is 389 Å². The topological polar surface area (TPSA) is 578 Å². The van der Waals surface area contributed by atoms with Gasteiger partial charge in [0.25, 0.3) is 23.7 Å². The van der Waals surface area contributed by atoms with Gasteiger partial charge in [-0.15, -0.1) is 0 Å². The highest BCUT2D eigenvalue weighted by Crippen LogP contribution is 2.34. The molecule has 0 spiro atoms. The fourth-order valence-electron chi connectivity index (χ4n) is 15.2. The number of fused-ring (bicyclic) bond motifs is 2. The molecule has 2 aromatic heterocycles. The third-order valence-corrected chi connectivity index (χ3v) is 22.2. The maximum absolute atomic E-state index is 14.0. The summed E-state index contributed by atoms with van der Waals surface area (Å²) in [6.45, 7) is -2.34. The first kappa shape index (κ1) is 105. The number of alkyl halides is 4. The van der Waals surface area contributed by atoms with Crippen LogP contribution >= 0.6 is 0 Å². The van der Waals surface area contributed by atoms with Crippen LogP contribution in [0.5, 0.6) is 11.5 Å². The molecule has 43 nitrogen and oxygen atoms in total. The van der Waals surface area contributed by atoms with E-state index in [1.165, 1.54) is 29.4 Å². The van der Waals surface area contributed by atoms with Gasteiger partial charge in [-0.3, -0.25) is 102 Å². The second-order valence-electron chi connectivity index (χ2n) is 32.1. The van der Waals surface area contributed by atoms with Crippen molar-refractivity contribution in [1.82, 2.24) is 86.4 Å². The first-order valence-electron chi connectivity index (χ1n) is 43.4. The van der Waals surface area contributed by atoms with E-state index in [0.717, 1.165) is 9.80 Å². The Morgan fingerprint density at radius 2 is 0.894 bits per heavy atom. The summed E-state index contributed by atoms with van der Waals surface area (Å²) in [6, 6.07) is 9.50. The van der Waals surface area contributed by atoms with Gasteiger partial charge in [-0.05, 0) is 93.5 Å². The largest absolute Gasteiger partial charge is 0.494 e. The molecule has 132 heavy (non-hydrogen) atoms. The molecule has 12 N–H and O–H groups in total. The van der Waals surface area contributed by atoms with E-state index in [1.54, 1.807) is 73.0 Å². The maximum atomic E-state index is 14.0. The number of carbonyl (C=O) groups excluding carboxylic acids is 10. The highest BCUT2D eigenvalue weighted by molar-refractivity contribution is 6.08. The van der Waals surface area contributed by atoms with Crippen molar-refractivity contribution < 1.29 is 134 Å². The number of amides is 10. The Morgan fingerprint density at radius 3 is 1.37 bits per heavy atom. The Hall–Kier alpha value is -12.7. The summed E-state index contributed by atoms with van der Waals surface area (Å²) in [6.07, 6.45) is 1.34. The Kier molecular flexibility index (Phi) is 42.0. The van der Waals surface area contributed by atoms with Gasteiger partial charge in [-0.1, -0.05) is 0 Å². The lowest BCUT2D eigenvalue weighted by Gasteiger charge is -2.35. The molecule has 0 bridgehead atoms. The predicted octanol–water partition coefficient (Wildman–Crippen LogP) is -0.242. The number of carbonyl (C=O) groups is 15. The van der Waals surface area contributed by atoms with Crippen LogP contribution in [0.3, 0.4) is 0 Å². The van der Waals surface area contributed by atoms with E-state index in [2.05, 4.69) is 47.2 Å². The van der Waals surface area contributed by atoms with Gasteiger partial charge in [-0.25, -0.2) is 22.4 Å². The first-order valence-corrected chi connectivity index (χ1v) is 43.4. The summed E-state index contributed by atoms with van der Waals surface area (Å²) in [5.74, 6) is -17.9. The zero-order valence-electron chi connectivity index (χ0n) is 72.9. The Morgan fingerprint density at radius 1 is 0.455 bits per heavy atom. The van der Waals surface area contributed by atoms with Crippen molar-refractivity contribution >= 4 is 111 Å². The van der Waals surface area contributed by atoms with E-state index in [9.17, 15) is 126 Å². The minimum absolute atomic E-state index is 0.0162. The maximum Gasteiger partial charge on any atom is 0.326 e. The number of carboxylic acids is 5. The van der Waals surface area contributed by atoms with Crippen molar-refractivity contribution in [2.75, 3.05) is 184 Å². The second kappa shape index (κ2) is 53.0. The number of rotatable bonds is 52. The molecule has 0 saturated carbocycles. The summed E-state index contributed by atoms with van der Waals surface area (Å²) in [5.41, 5.74) is 1.08. The molecule has 4 saturated heterocycles. The molecule has 10 amide bonds. The third kappa shape index (κ3) is 35.6. The number of hydrogen-bond donors (Lipinski definition) is 12. The summed E-state index contributed by atoms with van der Waals surface area (Å²) < 4.78 is 79.0. The number of likely N-dealkylation sites (tertiary alicyclic amines) is 2. The molecule has 0 aliphatic carbocycles. The molecule has 4 aliphatic heterocycles. The number of hydrogen-bond acceptors (Lipinski definition) is 28. The number of aromatic nitrogens is 2. The second-order valence-corrected chi connectivity index (χ2v) is 32.1. The molecule has 720 valence electrons. The molecular formula is C85H113F4N19O24. The molecule has 6 heterocycles. The summed E-state index contributed by atoms with van der Waals surface area (Å²) in [4.78, 5) is 212. The van der Waals surface area contributed by atoms with Gasteiger partial charge < -0.3 is 96.4 Å². The van der Waals surface area contributed by atoms with Crippen LogP contribution in [0.2, 0.25) is 0 Å². The standard InChI is InChI=1S/C85H113F4N19O24/c86-84(87)44-57(46-90)107(53-84)75(115)48-98-80(123)61-15-21-92-65-9-7-59(42-63(61)65)131-34-3-1-18-94-69(109)6-5-20-96-72(112)40-56(41-73(113)100-67(82(125)126)11-13-70(110)95-19-2-4-35-132-60-8-10-66-64(43-60)62(16-22-93-66)81(124)99-49-76(116)108-54-85(88,89)45-58(108)47-91)105-32-33-106(55-105)74(114)17-36-129-38-39-130-37-23-97-71(111)14-12-68(83(127)128)104-30-28-102(51-78(119)120)26-24-101(50-77(117)118)25-27-103(29-31-104)52-79(121)122/h7-10,15-16,21-22,42-43,56-58,67-68H,1-6,11-14,17-20,23-41,44-45,48-55H2,(H,94,109)(H,95,110)(H,96,112)(H,97,111)(H,98,123)(H,99,124)(H,100,113)(H,117,118)(H,119,120)(H,121,122)(H,125,126)(H,127,128)/t56-,57+,58-,67-,68?/m1/s1. The minimum atomic E-state index is -3.24. The quantitative estimate of drug-likeness (QED) is 0.0200. The number of nitriles is 2. The van der Waals surface area contributed by atoms with E-state index >= 15 is 0 Å². The highest BCUT2D eigenvalue weighted by Gasteiger charge is 2.49. The van der Waals surface area contributed by atoms with Crippen molar-refractivity contribution in [3.63, 3.8) is 0 Å². The normalized spacial score (nSPS) is 17.5. The Balaban J connectivity index is 0.759. The third-order valence-electron chi connectivity index (χ3n) is 22.2. The van der Waals surface area contributed by atoms with Crippen LogP contribution in [0.25, 0.3) is 21.8 Å². The van der Waals surface area contributed by atoms with E-state index in [-0.39, 0.29) is 219 Å². The lowest BCUT2D eigenvalue weighted by atomic mass is 10.1. The van der Waals surface area contributed by atoms with E-state index in [1.807, 2.05) is 0 Å². The molecule has 5 atom stereocenters. The van der Waals surface area contributed by atoms with Crippen molar-refractivity contribution in [3.8, 4) is 23.6 Å². The van der Waals surface area contributed by atoms with Gasteiger partial charge in [-0.2, -0.15) is 10.5 Å². The van der Waals surface area contributed by atoms with Crippen molar-refractivity contribution in [3.05, 3.63) is 72.1 Å². The number of carboxylic acid groups (broad SMARTS) is 5. The number of ether oxygens (including phenoxy) is 4. The number of nitrogens with zero attached hydrogens (tertiary/aromatic N) is 12. The molecular weight excluding hydrogens is 1750 g/mol. The summed E-state index contributed by atoms with van der Waals surface area (Å²) >= 11 is 0. The lowest BCUT2D eigenvalue weighted by Crippen LogP contribution is -2.52. The summed E-state index contributed by atoms with van der Waals surface area (Å²) in [5, 5.41) is 86.9. The van der Waals surface area contributed by atoms with Crippen LogP contribution in [0.4, 0.5) is 17.6 Å². The number of nitrogens with one attached hydrogen (secondary N) is 7. The van der Waals surface area contributed by atoms with E-state index in [4.69, 9.17) is 18.9 Å². The smallest absolute Gasteiger partial charge is 0.326 e. The number of pyridine rings is 2. The van der Waals surface area contributed by atoms with Gasteiger partial charge >= 0.3 is 29.8 Å². The van der Waals surface area contributed by atoms with Crippen LogP contribution in [0, 0.1) is 22.7 Å². The molecule has 4 fully saturated rings. The summed E-state index contributed by atoms with van der Waals surface area (Å²) in [7, 11) is 0. The van der Waals surface area contributed by atoms with E-state index < -0.39 is 178 Å². The van der Waals surface area contributed by atoms with Crippen molar-refractivity contribution in [2.24, 2.45) is 0 Å². The fraction of sp³-hybridized carbons (Fsp3) is 0.588. The predicted molar refractivity (Wildman–Crippen MR) is 456 cm³/mol. The monoisotopic (exact) mass is 1860 g/mol. The highest BCUT2D eigenvalue weighted by atomic mass is 19.3. The van der Waals surface area contributed by atoms with Crippen molar-refractivity contribution in [1.29, 1.82) is 10.5 Å². The van der Waals surface area contributed by atoms with Gasteiger partial charge in [0, 0.05) is 166 Å². The van der Waals surface area contributed by atoms with E-state index in [0.29, 0.717) is 59.0 Å². The van der Waals surface area contributed by atoms with Crippen LogP contribution < -0.4 is 46.7 Å². The van der Waals surface area contributed by atoms with Crippen LogP contribution in [0.1, 0.15) is 117 Å². The number of aliphatic carboxylic acids is 5. The van der Waals surface area contributed by atoms with Gasteiger partial charge in [0.15, 0.2) is 0 Å². The van der Waals surface area contributed by atoms with Gasteiger partial charge in [0.1, 0.15) is 35.7 Å². The Labute approximate surface area is 756 Å². The molecule has 8 rings (SSSR count). The number of unbranched alkanes of at least 4 members (excludes halogenated alkanes) is 2. The minimum Gasteiger partial charge on any atom is -0.494 e. The van der Waals surface area contributed by atoms with Gasteiger partial charge in [0.2, 0.25) is 47.3 Å². The fourth-order valence-corrected chi connectivity index (χ4v) is 15.2. The number of halogens is 4. The number of benzene rings is 2. The van der Waals surface area contributed by atoms with Crippen molar-refractivity contribution in [2.45, 2.75) is 138 Å². The SMILES string of the molecule is N#C[C@@H]1CC(F)(F)CN1C(=O)CNC(=O)c1ccnc2ccc(OCCCCNC(=O)CCCNC(=O)C[C@H](CC(=O)N[C@H](CCC(=O)NCCCCOc3ccc4nccc(C(=O)NCC(=O)N5CC(F)(F)C[C@@H]5C#N)c4c3)C(=O)O)N3CCN(C(=O)CCOCCOCCNC(=O)CCC(C(=O)O)N4CCN(CC(=O)O)CCN(CC(=O)O)CCN(CC(=O)O)CC4)C3)cc12. The molecule has 4 aliphatic rings. The average molecular weight is 1860 g/mol. The lowest BCUT2D eigenvalue weighted by molar-refractivity contribution is -0.145.